The molecular formula is C10H10BrN5O3. The molecule has 0 fully saturated rings. The lowest BCUT2D eigenvalue weighted by atomic mass is 10.4. The number of nitrogens with zero attached hydrogens (tertiary/aromatic N) is 3. The van der Waals surface area contributed by atoms with Crippen LogP contribution in [0.25, 0.3) is 0 Å². The molecule has 0 aliphatic rings. The second-order valence-electron chi connectivity index (χ2n) is 3.50. The number of amides is 2. The van der Waals surface area contributed by atoms with Crippen LogP contribution in [0.3, 0.4) is 0 Å². The van der Waals surface area contributed by atoms with E-state index in [0.29, 0.717) is 4.67 Å². The van der Waals surface area contributed by atoms with Crippen molar-refractivity contribution in [2.75, 3.05) is 12.4 Å². The summed E-state index contributed by atoms with van der Waals surface area (Å²) in [4.78, 5) is 26.7. The zero-order chi connectivity index (χ0) is 13.8. The van der Waals surface area contributed by atoms with Crippen molar-refractivity contribution in [1.82, 2.24) is 20.1 Å². The van der Waals surface area contributed by atoms with E-state index in [4.69, 9.17) is 4.42 Å². The van der Waals surface area contributed by atoms with Crippen molar-refractivity contribution in [3.63, 3.8) is 0 Å². The Morgan fingerprint density at radius 2 is 2.26 bits per heavy atom. The third-order valence-corrected chi connectivity index (χ3v) is 2.57. The Morgan fingerprint density at radius 1 is 1.47 bits per heavy atom. The molecule has 0 saturated carbocycles. The number of anilines is 1. The lowest BCUT2D eigenvalue weighted by Gasteiger charge is -1.98. The van der Waals surface area contributed by atoms with Gasteiger partial charge in [-0.05, 0) is 28.1 Å². The van der Waals surface area contributed by atoms with Crippen molar-refractivity contribution in [2.24, 2.45) is 0 Å². The molecule has 8 nitrogen and oxygen atoms in total. The third kappa shape index (κ3) is 3.41. The highest BCUT2D eigenvalue weighted by molar-refractivity contribution is 9.10. The van der Waals surface area contributed by atoms with Gasteiger partial charge in [-0.3, -0.25) is 14.9 Å². The summed E-state index contributed by atoms with van der Waals surface area (Å²) in [6, 6.07) is 3.12. The van der Waals surface area contributed by atoms with Gasteiger partial charge in [0.2, 0.25) is 11.9 Å². The molecule has 0 bridgehead atoms. The molecule has 2 N–H and O–H groups in total. The van der Waals surface area contributed by atoms with Crippen LogP contribution in [0, 0.1) is 0 Å². The van der Waals surface area contributed by atoms with Crippen LogP contribution in [0.4, 0.5) is 5.95 Å². The summed E-state index contributed by atoms with van der Waals surface area (Å²) in [5.41, 5.74) is 0. The fourth-order valence-corrected chi connectivity index (χ4v) is 1.56. The van der Waals surface area contributed by atoms with Gasteiger partial charge in [0.1, 0.15) is 12.9 Å². The average molecular weight is 328 g/mol. The van der Waals surface area contributed by atoms with E-state index in [-0.39, 0.29) is 24.2 Å². The standard InChI is InChI=1S/C10H10BrN5O3/c1-12-8(17)4-16-5-13-10(15-16)14-9(18)6-2-3-7(11)19-6/h2-3,5H,4H2,1H3,(H,12,17)(H,14,15,18). The first-order chi connectivity index (χ1) is 9.08. The van der Waals surface area contributed by atoms with Gasteiger partial charge >= 0.3 is 0 Å². The molecule has 19 heavy (non-hydrogen) atoms. The lowest BCUT2D eigenvalue weighted by Crippen LogP contribution is -2.23. The SMILES string of the molecule is CNC(=O)Cn1cnc(NC(=O)c2ccc(Br)o2)n1. The maximum Gasteiger partial charge on any atom is 0.293 e. The molecule has 0 unspecified atom stereocenters. The van der Waals surface area contributed by atoms with Crippen molar-refractivity contribution in [2.45, 2.75) is 6.54 Å². The van der Waals surface area contributed by atoms with Crippen molar-refractivity contribution in [3.8, 4) is 0 Å². The quantitative estimate of drug-likeness (QED) is 0.857. The van der Waals surface area contributed by atoms with Crippen molar-refractivity contribution in [3.05, 3.63) is 28.9 Å². The van der Waals surface area contributed by atoms with Crippen molar-refractivity contribution < 1.29 is 14.0 Å². The van der Waals surface area contributed by atoms with E-state index in [1.54, 1.807) is 6.07 Å². The largest absolute Gasteiger partial charge is 0.444 e. The molecule has 0 aromatic carbocycles. The molecule has 100 valence electrons. The Labute approximate surface area is 116 Å². The smallest absolute Gasteiger partial charge is 0.293 e. The molecule has 0 spiro atoms. The number of aromatic nitrogens is 3. The van der Waals surface area contributed by atoms with E-state index >= 15 is 0 Å². The Hall–Kier alpha value is -2.16. The number of carbonyl (C=O) groups is 2. The zero-order valence-electron chi connectivity index (χ0n) is 9.88. The number of carbonyl (C=O) groups excluding carboxylic acids is 2. The van der Waals surface area contributed by atoms with Gasteiger partial charge in [0, 0.05) is 7.05 Å². The molecule has 0 radical (unpaired) electrons. The van der Waals surface area contributed by atoms with Crippen LogP contribution in [0.2, 0.25) is 0 Å². The van der Waals surface area contributed by atoms with Crippen molar-refractivity contribution in [1.29, 1.82) is 0 Å². The van der Waals surface area contributed by atoms with Crippen LogP contribution in [0.5, 0.6) is 0 Å². The first kappa shape index (κ1) is 13.3. The summed E-state index contributed by atoms with van der Waals surface area (Å²) in [6.07, 6.45) is 1.35. The van der Waals surface area contributed by atoms with E-state index in [2.05, 4.69) is 36.6 Å². The predicted octanol–water partition coefficient (Wildman–Crippen LogP) is 0.632. The fraction of sp³-hybridized carbons (Fsp3) is 0.200. The van der Waals surface area contributed by atoms with E-state index in [1.165, 1.54) is 24.1 Å². The second kappa shape index (κ2) is 5.65. The lowest BCUT2D eigenvalue weighted by molar-refractivity contribution is -0.121. The van der Waals surface area contributed by atoms with E-state index in [1.807, 2.05) is 0 Å². The van der Waals surface area contributed by atoms with Gasteiger partial charge in [0.25, 0.3) is 5.91 Å². The minimum atomic E-state index is -0.469. The van der Waals surface area contributed by atoms with Gasteiger partial charge in [-0.15, -0.1) is 5.10 Å². The highest BCUT2D eigenvalue weighted by atomic mass is 79.9. The van der Waals surface area contributed by atoms with Crippen LogP contribution in [0.1, 0.15) is 10.6 Å². The number of nitrogens with one attached hydrogen (secondary N) is 2. The minimum absolute atomic E-state index is 0.0334. The molecule has 0 atom stereocenters. The Morgan fingerprint density at radius 3 is 2.89 bits per heavy atom. The maximum absolute atomic E-state index is 11.7. The third-order valence-electron chi connectivity index (χ3n) is 2.14. The topological polar surface area (TPSA) is 102 Å². The normalized spacial score (nSPS) is 10.2. The van der Waals surface area contributed by atoms with Gasteiger partial charge in [-0.25, -0.2) is 9.67 Å². The van der Waals surface area contributed by atoms with Gasteiger partial charge in [0.15, 0.2) is 10.4 Å². The average Bonchev–Trinajstić information content (AvgIpc) is 2.98. The highest BCUT2D eigenvalue weighted by Crippen LogP contribution is 2.14. The van der Waals surface area contributed by atoms with Crippen LogP contribution in [0.15, 0.2) is 27.5 Å². The molecule has 2 aromatic rings. The summed E-state index contributed by atoms with van der Waals surface area (Å²) < 4.78 is 6.85. The van der Waals surface area contributed by atoms with Crippen LogP contribution in [-0.4, -0.2) is 33.6 Å². The number of halogens is 1. The second-order valence-corrected chi connectivity index (χ2v) is 4.28. The Balaban J connectivity index is 2.00. The minimum Gasteiger partial charge on any atom is -0.444 e. The molecule has 2 rings (SSSR count). The summed E-state index contributed by atoms with van der Waals surface area (Å²) in [5, 5.41) is 8.84. The van der Waals surface area contributed by atoms with Gasteiger partial charge in [-0.1, -0.05) is 0 Å². The fourth-order valence-electron chi connectivity index (χ4n) is 1.25. The number of hydrogen-bond donors (Lipinski definition) is 2. The monoisotopic (exact) mass is 327 g/mol. The Kier molecular flexibility index (Phi) is 3.95. The maximum atomic E-state index is 11.7. The summed E-state index contributed by atoms with van der Waals surface area (Å²) in [6.45, 7) is 0.0334. The van der Waals surface area contributed by atoms with Gasteiger partial charge in [0.05, 0.1) is 0 Å². The predicted molar refractivity (Wildman–Crippen MR) is 68.4 cm³/mol. The van der Waals surface area contributed by atoms with Crippen LogP contribution < -0.4 is 10.6 Å². The van der Waals surface area contributed by atoms with Gasteiger partial charge < -0.3 is 9.73 Å². The Bertz CT molecular complexity index is 606. The highest BCUT2D eigenvalue weighted by Gasteiger charge is 2.13. The summed E-state index contributed by atoms with van der Waals surface area (Å²) >= 11 is 3.10. The number of furan rings is 1. The van der Waals surface area contributed by atoms with Gasteiger partial charge in [-0.2, -0.15) is 0 Å². The molecule has 9 heteroatoms. The number of likely N-dealkylation sites (N-methyl/N-ethyl adjacent to an activating group) is 1. The molecule has 0 saturated heterocycles. The molecule has 2 amide bonds. The van der Waals surface area contributed by atoms with Crippen LogP contribution >= 0.6 is 15.9 Å². The van der Waals surface area contributed by atoms with Crippen molar-refractivity contribution >= 4 is 33.7 Å². The molecule has 0 aliphatic carbocycles. The summed E-state index contributed by atoms with van der Waals surface area (Å²) in [7, 11) is 1.52. The molecule has 0 aliphatic heterocycles. The van der Waals surface area contributed by atoms with Crippen LogP contribution in [-0.2, 0) is 11.3 Å². The zero-order valence-corrected chi connectivity index (χ0v) is 11.5. The first-order valence-corrected chi connectivity index (χ1v) is 6.04. The van der Waals surface area contributed by atoms with E-state index < -0.39 is 5.91 Å². The molecule has 2 heterocycles. The van der Waals surface area contributed by atoms with E-state index in [9.17, 15) is 9.59 Å². The molecule has 2 aromatic heterocycles. The number of hydrogen-bond acceptors (Lipinski definition) is 5. The number of rotatable bonds is 4. The van der Waals surface area contributed by atoms with E-state index in [0.717, 1.165) is 0 Å². The first-order valence-electron chi connectivity index (χ1n) is 5.25. The summed E-state index contributed by atoms with van der Waals surface area (Å²) in [5.74, 6) is -0.447. The molecular weight excluding hydrogens is 318 g/mol.